The number of thiophene rings is 1. The molecule has 0 aliphatic carbocycles. The van der Waals surface area contributed by atoms with Crippen LogP contribution in [0.5, 0.6) is 5.75 Å². The molecule has 0 spiro atoms. The van der Waals surface area contributed by atoms with Gasteiger partial charge in [0, 0.05) is 15.8 Å². The molecule has 1 aliphatic heterocycles. The van der Waals surface area contributed by atoms with Crippen LogP contribution >= 0.6 is 27.3 Å². The van der Waals surface area contributed by atoms with Crippen molar-refractivity contribution < 1.29 is 4.74 Å². The van der Waals surface area contributed by atoms with Crippen LogP contribution in [0.1, 0.15) is 22.0 Å². The first-order chi connectivity index (χ1) is 8.25. The lowest BCUT2D eigenvalue weighted by atomic mass is 10.0. The van der Waals surface area contributed by atoms with Crippen LogP contribution < -0.4 is 10.5 Å². The lowest BCUT2D eigenvalue weighted by molar-refractivity contribution is 0.357. The monoisotopic (exact) mass is 309 g/mol. The molecule has 2 heterocycles. The smallest absolute Gasteiger partial charge is 0.122 e. The van der Waals surface area contributed by atoms with Crippen LogP contribution in [0.15, 0.2) is 34.1 Å². The normalized spacial score (nSPS) is 15.4. The lowest BCUT2D eigenvalue weighted by Crippen LogP contribution is -2.10. The molecular formula is C13H12BrNOS. The largest absolute Gasteiger partial charge is 0.493 e. The molecule has 2 nitrogen and oxygen atoms in total. The predicted octanol–water partition coefficient (Wildman–Crippen LogP) is 3.49. The van der Waals surface area contributed by atoms with Crippen molar-refractivity contribution in [3.8, 4) is 5.75 Å². The topological polar surface area (TPSA) is 35.2 Å². The molecule has 0 amide bonds. The summed E-state index contributed by atoms with van der Waals surface area (Å²) in [5.74, 6) is 1.01. The van der Waals surface area contributed by atoms with E-state index in [1.807, 2.05) is 12.1 Å². The molecule has 0 radical (unpaired) electrons. The van der Waals surface area contributed by atoms with Crippen LogP contribution in [0.2, 0.25) is 0 Å². The molecule has 0 fully saturated rings. The van der Waals surface area contributed by atoms with Gasteiger partial charge < -0.3 is 10.5 Å². The molecule has 1 aromatic carbocycles. The van der Waals surface area contributed by atoms with E-state index in [-0.39, 0.29) is 6.04 Å². The van der Waals surface area contributed by atoms with Crippen molar-refractivity contribution >= 4 is 27.3 Å². The molecule has 1 aliphatic rings. The number of halogens is 1. The van der Waals surface area contributed by atoms with E-state index in [1.54, 1.807) is 11.3 Å². The minimum absolute atomic E-state index is 0.0599. The summed E-state index contributed by atoms with van der Waals surface area (Å²) in [5.41, 5.74) is 8.71. The van der Waals surface area contributed by atoms with E-state index in [0.29, 0.717) is 0 Å². The molecule has 0 saturated heterocycles. The van der Waals surface area contributed by atoms with Crippen molar-refractivity contribution in [3.05, 3.63) is 50.1 Å². The lowest BCUT2D eigenvalue weighted by Gasteiger charge is -2.12. The van der Waals surface area contributed by atoms with E-state index in [0.717, 1.165) is 28.8 Å². The fourth-order valence-electron chi connectivity index (χ4n) is 2.08. The summed E-state index contributed by atoms with van der Waals surface area (Å²) in [4.78, 5) is 1.17. The number of ether oxygens (including phenoxy) is 1. The summed E-state index contributed by atoms with van der Waals surface area (Å²) < 4.78 is 6.59. The summed E-state index contributed by atoms with van der Waals surface area (Å²) in [6.07, 6.45) is 0.988. The van der Waals surface area contributed by atoms with Crippen molar-refractivity contribution in [1.82, 2.24) is 0 Å². The van der Waals surface area contributed by atoms with Gasteiger partial charge in [-0.05, 0) is 44.6 Å². The first-order valence-corrected chi connectivity index (χ1v) is 7.17. The molecule has 2 aromatic rings. The van der Waals surface area contributed by atoms with Crippen molar-refractivity contribution in [2.24, 2.45) is 5.73 Å². The van der Waals surface area contributed by atoms with Crippen molar-refractivity contribution in [1.29, 1.82) is 0 Å². The van der Waals surface area contributed by atoms with E-state index in [1.165, 1.54) is 10.4 Å². The third-order valence-electron chi connectivity index (χ3n) is 3.00. The number of hydrogen-bond acceptors (Lipinski definition) is 3. The van der Waals surface area contributed by atoms with Gasteiger partial charge in [-0.3, -0.25) is 0 Å². The summed E-state index contributed by atoms with van der Waals surface area (Å²) >= 11 is 5.21. The van der Waals surface area contributed by atoms with Gasteiger partial charge in [-0.25, -0.2) is 0 Å². The number of benzene rings is 1. The minimum Gasteiger partial charge on any atom is -0.493 e. The molecular weight excluding hydrogens is 298 g/mol. The Balaban J connectivity index is 1.97. The third-order valence-corrected chi connectivity index (χ3v) is 4.95. The molecule has 88 valence electrons. The third kappa shape index (κ3) is 2.01. The zero-order valence-electron chi connectivity index (χ0n) is 9.15. The van der Waals surface area contributed by atoms with E-state index in [9.17, 15) is 0 Å². The van der Waals surface area contributed by atoms with Gasteiger partial charge in [0.05, 0.1) is 12.6 Å². The van der Waals surface area contributed by atoms with Crippen molar-refractivity contribution in [3.63, 3.8) is 0 Å². The Bertz CT molecular complexity index is 552. The first kappa shape index (κ1) is 11.3. The van der Waals surface area contributed by atoms with Gasteiger partial charge in [0.15, 0.2) is 0 Å². The second kappa shape index (κ2) is 4.44. The fourth-order valence-corrected chi connectivity index (χ4v) is 3.73. The Morgan fingerprint density at radius 2 is 2.24 bits per heavy atom. The van der Waals surface area contributed by atoms with Crippen LogP contribution in [-0.4, -0.2) is 6.61 Å². The van der Waals surface area contributed by atoms with Gasteiger partial charge >= 0.3 is 0 Å². The maximum atomic E-state index is 6.30. The van der Waals surface area contributed by atoms with Gasteiger partial charge in [-0.1, -0.05) is 12.1 Å². The van der Waals surface area contributed by atoms with Crippen LogP contribution in [0.25, 0.3) is 0 Å². The maximum absolute atomic E-state index is 6.30. The van der Waals surface area contributed by atoms with E-state index in [2.05, 4.69) is 33.4 Å². The zero-order valence-corrected chi connectivity index (χ0v) is 11.6. The highest BCUT2D eigenvalue weighted by molar-refractivity contribution is 9.10. The summed E-state index contributed by atoms with van der Waals surface area (Å²) in [7, 11) is 0. The highest BCUT2D eigenvalue weighted by atomic mass is 79.9. The Labute approximate surface area is 113 Å². The van der Waals surface area contributed by atoms with Crippen LogP contribution in [0.4, 0.5) is 0 Å². The Morgan fingerprint density at radius 1 is 1.35 bits per heavy atom. The molecule has 1 unspecified atom stereocenters. The molecule has 0 saturated carbocycles. The van der Waals surface area contributed by atoms with E-state index in [4.69, 9.17) is 10.5 Å². The van der Waals surface area contributed by atoms with E-state index >= 15 is 0 Å². The number of hydrogen-bond donors (Lipinski definition) is 1. The Morgan fingerprint density at radius 3 is 3.00 bits per heavy atom. The van der Waals surface area contributed by atoms with Crippen LogP contribution in [0.3, 0.4) is 0 Å². The Kier molecular flexibility index (Phi) is 2.94. The second-order valence-corrected chi connectivity index (χ2v) is 5.88. The van der Waals surface area contributed by atoms with Crippen LogP contribution in [0, 0.1) is 0 Å². The van der Waals surface area contributed by atoms with Crippen molar-refractivity contribution in [2.75, 3.05) is 6.61 Å². The summed E-state index contributed by atoms with van der Waals surface area (Å²) in [5, 5.41) is 2.05. The first-order valence-electron chi connectivity index (χ1n) is 5.50. The molecule has 0 bridgehead atoms. The SMILES string of the molecule is NC(c1ccc2c(c1)CCO2)c1sccc1Br. The van der Waals surface area contributed by atoms with Crippen molar-refractivity contribution in [2.45, 2.75) is 12.5 Å². The molecule has 3 rings (SSSR count). The number of rotatable bonds is 2. The highest BCUT2D eigenvalue weighted by Crippen LogP contribution is 2.34. The second-order valence-electron chi connectivity index (χ2n) is 4.08. The van der Waals surface area contributed by atoms with Gasteiger partial charge in [0.2, 0.25) is 0 Å². The zero-order chi connectivity index (χ0) is 11.8. The average molecular weight is 310 g/mol. The molecule has 1 aromatic heterocycles. The summed E-state index contributed by atoms with van der Waals surface area (Å²) in [6, 6.07) is 8.23. The summed E-state index contributed by atoms with van der Waals surface area (Å²) in [6.45, 7) is 0.788. The molecule has 17 heavy (non-hydrogen) atoms. The molecule has 2 N–H and O–H groups in total. The van der Waals surface area contributed by atoms with Crippen LogP contribution in [-0.2, 0) is 6.42 Å². The van der Waals surface area contributed by atoms with Gasteiger partial charge in [0.1, 0.15) is 5.75 Å². The van der Waals surface area contributed by atoms with Gasteiger partial charge in [0.25, 0.3) is 0 Å². The average Bonchev–Trinajstić information content (AvgIpc) is 2.95. The number of nitrogens with two attached hydrogens (primary N) is 1. The molecule has 4 heteroatoms. The molecule has 1 atom stereocenters. The standard InChI is InChI=1S/C13H12BrNOS/c14-10-4-6-17-13(10)12(15)9-1-2-11-8(7-9)3-5-16-11/h1-2,4,6-7,12H,3,5,15H2. The quantitative estimate of drug-likeness (QED) is 0.921. The number of fused-ring (bicyclic) bond motifs is 1. The Hall–Kier alpha value is -0.840. The predicted molar refractivity (Wildman–Crippen MR) is 73.7 cm³/mol. The fraction of sp³-hybridized carbons (Fsp3) is 0.231. The van der Waals surface area contributed by atoms with Gasteiger partial charge in [-0.15, -0.1) is 11.3 Å². The van der Waals surface area contributed by atoms with Gasteiger partial charge in [-0.2, -0.15) is 0 Å². The highest BCUT2D eigenvalue weighted by Gasteiger charge is 2.17. The minimum atomic E-state index is -0.0599. The van der Waals surface area contributed by atoms with E-state index < -0.39 is 0 Å². The maximum Gasteiger partial charge on any atom is 0.122 e.